The third-order valence-electron chi connectivity index (χ3n) is 3.07. The number of carbonyl (C=O) groups is 1. The monoisotopic (exact) mass is 376 g/mol. The molecule has 24 heavy (non-hydrogen) atoms. The minimum absolute atomic E-state index is 0.0587. The molecule has 1 heterocycles. The van der Waals surface area contributed by atoms with Crippen molar-refractivity contribution in [1.82, 2.24) is 9.97 Å². The fraction of sp³-hybridized carbons (Fsp3) is 0.0588. The van der Waals surface area contributed by atoms with Crippen LogP contribution >= 0.6 is 35.0 Å². The van der Waals surface area contributed by atoms with E-state index in [0.717, 1.165) is 22.8 Å². The van der Waals surface area contributed by atoms with Crippen molar-refractivity contribution in [1.29, 1.82) is 0 Å². The number of halogens is 2. The number of benzene rings is 2. The minimum atomic E-state index is -0.895. The molecule has 0 fully saturated rings. The van der Waals surface area contributed by atoms with Gasteiger partial charge in [0.25, 0.3) is 0 Å². The molecule has 0 bridgehead atoms. The lowest BCUT2D eigenvalue weighted by Crippen LogP contribution is -1.97. The molecule has 120 valence electrons. The molecule has 0 amide bonds. The van der Waals surface area contributed by atoms with Gasteiger partial charge in [-0.25, -0.2) is 4.98 Å². The average Bonchev–Trinajstić information content (AvgIpc) is 2.94. The molecule has 4 nitrogen and oxygen atoms in total. The number of fused-ring (bicyclic) bond motifs is 1. The Kier molecular flexibility index (Phi) is 5.00. The predicted octanol–water partition coefficient (Wildman–Crippen LogP) is 4.45. The number of H-pyrrole nitrogens is 1. The highest BCUT2D eigenvalue weighted by atomic mass is 35.5. The van der Waals surface area contributed by atoms with Gasteiger partial charge in [0.05, 0.1) is 21.8 Å². The van der Waals surface area contributed by atoms with Crippen LogP contribution in [-0.4, -0.2) is 26.8 Å². The van der Waals surface area contributed by atoms with Crippen LogP contribution in [0.15, 0.2) is 41.6 Å². The van der Waals surface area contributed by atoms with Gasteiger partial charge in [0.2, 0.25) is 0 Å². The number of imidazole rings is 1. The van der Waals surface area contributed by atoms with E-state index in [1.54, 1.807) is 24.3 Å². The van der Waals surface area contributed by atoms with Gasteiger partial charge in [-0.1, -0.05) is 46.8 Å². The van der Waals surface area contributed by atoms with Gasteiger partial charge >= 0.3 is 5.97 Å². The van der Waals surface area contributed by atoms with Crippen LogP contribution in [0.4, 0.5) is 0 Å². The summed E-state index contributed by atoms with van der Waals surface area (Å²) in [6.45, 7) is 0. The molecule has 3 rings (SSSR count). The summed E-state index contributed by atoms with van der Waals surface area (Å²) in [4.78, 5) is 18.0. The van der Waals surface area contributed by atoms with Crippen molar-refractivity contribution in [2.45, 2.75) is 5.16 Å². The van der Waals surface area contributed by atoms with E-state index in [-0.39, 0.29) is 5.75 Å². The summed E-state index contributed by atoms with van der Waals surface area (Å²) in [6.07, 6.45) is 0. The summed E-state index contributed by atoms with van der Waals surface area (Å²) < 4.78 is 0. The Morgan fingerprint density at radius 2 is 1.96 bits per heavy atom. The van der Waals surface area contributed by atoms with Crippen LogP contribution in [0.2, 0.25) is 10.0 Å². The Hall–Kier alpha value is -2.13. The SMILES string of the molecule is O=C(O)CSc1nc2cc(C#Cc3ccc(Cl)cc3)c(Cl)cc2[nH]1. The van der Waals surface area contributed by atoms with Crippen molar-refractivity contribution in [3.05, 3.63) is 57.6 Å². The summed E-state index contributed by atoms with van der Waals surface area (Å²) in [5.74, 6) is 5.09. The van der Waals surface area contributed by atoms with Gasteiger partial charge in [-0.3, -0.25) is 4.79 Å². The minimum Gasteiger partial charge on any atom is -0.481 e. The molecular weight excluding hydrogens is 367 g/mol. The van der Waals surface area contributed by atoms with E-state index in [1.165, 1.54) is 0 Å². The maximum Gasteiger partial charge on any atom is 0.313 e. The van der Waals surface area contributed by atoms with Gasteiger partial charge in [-0.05, 0) is 36.4 Å². The van der Waals surface area contributed by atoms with Gasteiger partial charge in [-0.15, -0.1) is 0 Å². The number of aliphatic carboxylic acids is 1. The number of carboxylic acid groups (broad SMARTS) is 1. The van der Waals surface area contributed by atoms with Crippen LogP contribution in [-0.2, 0) is 4.79 Å². The van der Waals surface area contributed by atoms with Gasteiger partial charge in [0.15, 0.2) is 5.16 Å². The Balaban J connectivity index is 1.90. The second kappa shape index (κ2) is 7.18. The topological polar surface area (TPSA) is 66.0 Å². The van der Waals surface area contributed by atoms with Crippen molar-refractivity contribution >= 4 is 52.0 Å². The number of nitrogens with one attached hydrogen (secondary N) is 1. The Labute approximate surface area is 152 Å². The third kappa shape index (κ3) is 4.04. The predicted molar refractivity (Wildman–Crippen MR) is 96.9 cm³/mol. The fourth-order valence-corrected chi connectivity index (χ4v) is 2.92. The smallest absolute Gasteiger partial charge is 0.313 e. The number of aromatic amines is 1. The lowest BCUT2D eigenvalue weighted by Gasteiger charge is -1.96. The first kappa shape index (κ1) is 16.7. The fourth-order valence-electron chi connectivity index (χ4n) is 1.97. The second-order valence-electron chi connectivity index (χ2n) is 4.83. The molecule has 0 unspecified atom stereocenters. The van der Waals surface area contributed by atoms with Crippen molar-refractivity contribution in [2.75, 3.05) is 5.75 Å². The van der Waals surface area contributed by atoms with Crippen LogP contribution in [0.3, 0.4) is 0 Å². The molecule has 7 heteroatoms. The van der Waals surface area contributed by atoms with Gasteiger partial charge in [0, 0.05) is 16.1 Å². The number of nitrogens with zero attached hydrogens (tertiary/aromatic N) is 1. The first-order valence-electron chi connectivity index (χ1n) is 6.83. The summed E-state index contributed by atoms with van der Waals surface area (Å²) >= 11 is 13.2. The maximum atomic E-state index is 10.6. The molecule has 0 aliphatic rings. The van der Waals surface area contributed by atoms with Gasteiger partial charge < -0.3 is 10.1 Å². The number of hydrogen-bond donors (Lipinski definition) is 2. The van der Waals surface area contributed by atoms with Gasteiger partial charge in [0.1, 0.15) is 0 Å². The maximum absolute atomic E-state index is 10.6. The van der Waals surface area contributed by atoms with E-state index in [0.29, 0.717) is 26.3 Å². The quantitative estimate of drug-likeness (QED) is 0.523. The third-order valence-corrected chi connectivity index (χ3v) is 4.49. The van der Waals surface area contributed by atoms with E-state index >= 15 is 0 Å². The largest absolute Gasteiger partial charge is 0.481 e. The number of carboxylic acids is 1. The zero-order valence-electron chi connectivity index (χ0n) is 12.1. The van der Waals surface area contributed by atoms with Crippen molar-refractivity contribution in [3.63, 3.8) is 0 Å². The number of hydrogen-bond acceptors (Lipinski definition) is 3. The standard InChI is InChI=1S/C17H10Cl2N2O2S/c18-12-5-2-10(3-6-12)1-4-11-7-14-15(8-13(11)19)21-17(20-14)24-9-16(22)23/h2-3,5-8H,9H2,(H,20,21)(H,22,23). The van der Waals surface area contributed by atoms with Crippen LogP contribution in [0.5, 0.6) is 0 Å². The zero-order chi connectivity index (χ0) is 17.1. The van der Waals surface area contributed by atoms with E-state index in [1.807, 2.05) is 12.1 Å². The Morgan fingerprint density at radius 1 is 1.21 bits per heavy atom. The van der Waals surface area contributed by atoms with E-state index in [9.17, 15) is 4.79 Å². The van der Waals surface area contributed by atoms with Crippen molar-refractivity contribution < 1.29 is 9.90 Å². The molecule has 0 atom stereocenters. The van der Waals surface area contributed by atoms with E-state index < -0.39 is 5.97 Å². The lowest BCUT2D eigenvalue weighted by molar-refractivity contribution is -0.133. The molecule has 0 aliphatic carbocycles. The van der Waals surface area contributed by atoms with Crippen LogP contribution in [0.1, 0.15) is 11.1 Å². The molecule has 0 radical (unpaired) electrons. The second-order valence-corrected chi connectivity index (χ2v) is 6.64. The molecule has 3 aromatic rings. The lowest BCUT2D eigenvalue weighted by atomic mass is 10.1. The van der Waals surface area contributed by atoms with Crippen LogP contribution in [0, 0.1) is 11.8 Å². The normalized spacial score (nSPS) is 10.4. The summed E-state index contributed by atoms with van der Waals surface area (Å²) in [5.41, 5.74) is 2.91. The van der Waals surface area contributed by atoms with Crippen molar-refractivity contribution in [2.24, 2.45) is 0 Å². The van der Waals surface area contributed by atoms with Crippen molar-refractivity contribution in [3.8, 4) is 11.8 Å². The summed E-state index contributed by atoms with van der Waals surface area (Å²) in [6, 6.07) is 10.7. The molecule has 0 saturated carbocycles. The molecule has 2 N–H and O–H groups in total. The first-order chi connectivity index (χ1) is 11.5. The van der Waals surface area contributed by atoms with Gasteiger partial charge in [-0.2, -0.15) is 0 Å². The average molecular weight is 377 g/mol. The van der Waals surface area contributed by atoms with E-state index in [2.05, 4.69) is 21.8 Å². The Morgan fingerprint density at radius 3 is 2.67 bits per heavy atom. The molecular formula is C17H10Cl2N2O2S. The molecule has 1 aromatic heterocycles. The van der Waals surface area contributed by atoms with Crippen LogP contribution < -0.4 is 0 Å². The first-order valence-corrected chi connectivity index (χ1v) is 8.57. The summed E-state index contributed by atoms with van der Waals surface area (Å²) in [5, 5.41) is 10.4. The molecule has 0 saturated heterocycles. The highest BCUT2D eigenvalue weighted by Crippen LogP contribution is 2.25. The number of rotatable bonds is 3. The molecule has 0 spiro atoms. The highest BCUT2D eigenvalue weighted by molar-refractivity contribution is 7.99. The molecule has 0 aliphatic heterocycles. The highest BCUT2D eigenvalue weighted by Gasteiger charge is 2.08. The number of thioether (sulfide) groups is 1. The Bertz CT molecular complexity index is 972. The molecule has 2 aromatic carbocycles. The number of aromatic nitrogens is 2. The van der Waals surface area contributed by atoms with E-state index in [4.69, 9.17) is 28.3 Å². The summed E-state index contributed by atoms with van der Waals surface area (Å²) in [7, 11) is 0. The zero-order valence-corrected chi connectivity index (χ0v) is 14.5. The van der Waals surface area contributed by atoms with Crippen LogP contribution in [0.25, 0.3) is 11.0 Å².